The molecule has 1 aromatic carbocycles. The van der Waals surface area contributed by atoms with Gasteiger partial charge in [-0.15, -0.1) is 0 Å². The highest BCUT2D eigenvalue weighted by Crippen LogP contribution is 2.10. The van der Waals surface area contributed by atoms with E-state index in [1.165, 1.54) is 0 Å². The van der Waals surface area contributed by atoms with Crippen molar-refractivity contribution in [2.45, 2.75) is 13.3 Å². The summed E-state index contributed by atoms with van der Waals surface area (Å²) in [5, 5.41) is 11.2. The first-order valence-electron chi connectivity index (χ1n) is 5.81. The van der Waals surface area contributed by atoms with Gasteiger partial charge in [-0.25, -0.2) is 0 Å². The highest BCUT2D eigenvalue weighted by atomic mass is 16.2. The van der Waals surface area contributed by atoms with E-state index in [2.05, 4.69) is 17.2 Å². The second-order valence-electron chi connectivity index (χ2n) is 3.96. The lowest BCUT2D eigenvalue weighted by Crippen LogP contribution is -2.27. The van der Waals surface area contributed by atoms with Crippen molar-refractivity contribution in [3.8, 4) is 11.8 Å². The molecule has 0 unspecified atom stereocenters. The molecule has 0 heterocycles. The monoisotopic (exact) mass is 260 g/mol. The van der Waals surface area contributed by atoms with Crippen LogP contribution in [-0.4, -0.2) is 30.1 Å². The van der Waals surface area contributed by atoms with Crippen LogP contribution in [0.4, 0.5) is 0 Å². The van der Waals surface area contributed by atoms with Crippen LogP contribution in [0.3, 0.4) is 0 Å². The molecule has 0 aliphatic rings. The van der Waals surface area contributed by atoms with Crippen LogP contribution in [0, 0.1) is 18.8 Å². The third-order valence-electron chi connectivity index (χ3n) is 2.45. The van der Waals surface area contributed by atoms with E-state index >= 15 is 0 Å². The highest BCUT2D eigenvalue weighted by Gasteiger charge is 2.07. The summed E-state index contributed by atoms with van der Waals surface area (Å²) in [4.78, 5) is 22.3. The van der Waals surface area contributed by atoms with Crippen LogP contribution in [0.5, 0.6) is 0 Å². The predicted molar refractivity (Wildman–Crippen MR) is 71.3 cm³/mol. The molecule has 1 aromatic rings. The quantitative estimate of drug-likeness (QED) is 0.662. The maximum absolute atomic E-state index is 11.8. The van der Waals surface area contributed by atoms with Gasteiger partial charge in [0, 0.05) is 24.1 Å². The van der Waals surface area contributed by atoms with Crippen LogP contribution >= 0.6 is 0 Å². The molecular formula is C14H16N2O3. The number of aliphatic hydroxyl groups excluding tert-OH is 1. The summed E-state index contributed by atoms with van der Waals surface area (Å²) in [6.45, 7) is 1.86. The molecule has 0 radical (unpaired) electrons. The number of amides is 2. The number of rotatable bonds is 4. The average molecular weight is 260 g/mol. The van der Waals surface area contributed by atoms with Gasteiger partial charge in [0.05, 0.1) is 0 Å². The number of primary amides is 1. The fraction of sp³-hybridized carbons (Fsp3) is 0.286. The number of nitrogens with one attached hydrogen (secondary N) is 1. The number of hydrogen-bond acceptors (Lipinski definition) is 3. The molecule has 0 fully saturated rings. The number of aliphatic hydroxyl groups is 1. The van der Waals surface area contributed by atoms with E-state index in [0.29, 0.717) is 5.56 Å². The van der Waals surface area contributed by atoms with E-state index in [1.807, 2.05) is 6.92 Å². The zero-order valence-corrected chi connectivity index (χ0v) is 10.7. The molecule has 100 valence electrons. The Morgan fingerprint density at radius 3 is 2.74 bits per heavy atom. The Kier molecular flexibility index (Phi) is 5.58. The van der Waals surface area contributed by atoms with Gasteiger partial charge in [-0.1, -0.05) is 11.8 Å². The van der Waals surface area contributed by atoms with Gasteiger partial charge in [-0.2, -0.15) is 0 Å². The van der Waals surface area contributed by atoms with Gasteiger partial charge in [-0.05, 0) is 30.7 Å². The molecule has 0 saturated carbocycles. The number of aryl methyl sites for hydroxylation is 1. The number of hydrogen-bond donors (Lipinski definition) is 3. The van der Waals surface area contributed by atoms with Crippen molar-refractivity contribution in [2.75, 3.05) is 13.2 Å². The Hall–Kier alpha value is -2.32. The maximum Gasteiger partial charge on any atom is 0.251 e. The normalized spacial score (nSPS) is 9.37. The van der Waals surface area contributed by atoms with Crippen molar-refractivity contribution in [1.82, 2.24) is 5.32 Å². The lowest BCUT2D eigenvalue weighted by atomic mass is 10.0. The molecule has 0 bridgehead atoms. The Morgan fingerprint density at radius 2 is 2.16 bits per heavy atom. The highest BCUT2D eigenvalue weighted by molar-refractivity contribution is 5.94. The Balaban J connectivity index is 2.72. The van der Waals surface area contributed by atoms with Crippen LogP contribution in [0.1, 0.15) is 27.9 Å². The number of nitrogens with two attached hydrogens (primary N) is 1. The van der Waals surface area contributed by atoms with Crippen LogP contribution in [0.25, 0.3) is 0 Å². The van der Waals surface area contributed by atoms with E-state index in [0.717, 1.165) is 11.1 Å². The third kappa shape index (κ3) is 4.82. The third-order valence-corrected chi connectivity index (χ3v) is 2.45. The molecule has 0 aromatic heterocycles. The number of carbonyl (C=O) groups is 2. The topological polar surface area (TPSA) is 92.4 Å². The fourth-order valence-corrected chi connectivity index (χ4v) is 1.48. The Bertz CT molecular complexity index is 541. The molecule has 5 nitrogen and oxygen atoms in total. The minimum absolute atomic E-state index is 0.116. The van der Waals surface area contributed by atoms with Crippen LogP contribution in [-0.2, 0) is 4.79 Å². The summed E-state index contributed by atoms with van der Waals surface area (Å²) in [7, 11) is 0. The van der Waals surface area contributed by atoms with Gasteiger partial charge in [0.25, 0.3) is 5.91 Å². The van der Waals surface area contributed by atoms with Crippen molar-refractivity contribution >= 4 is 11.8 Å². The summed E-state index contributed by atoms with van der Waals surface area (Å²) in [6, 6.07) is 5.08. The van der Waals surface area contributed by atoms with Gasteiger partial charge >= 0.3 is 0 Å². The molecule has 0 saturated heterocycles. The lowest BCUT2D eigenvalue weighted by molar-refractivity contribution is -0.117. The van der Waals surface area contributed by atoms with Crippen molar-refractivity contribution in [1.29, 1.82) is 0 Å². The summed E-state index contributed by atoms with van der Waals surface area (Å²) >= 11 is 0. The van der Waals surface area contributed by atoms with Gasteiger partial charge in [0.2, 0.25) is 5.91 Å². The molecule has 19 heavy (non-hydrogen) atoms. The molecule has 2 amide bonds. The van der Waals surface area contributed by atoms with Gasteiger partial charge < -0.3 is 16.2 Å². The molecule has 0 aliphatic carbocycles. The summed E-state index contributed by atoms with van der Waals surface area (Å²) in [5.41, 5.74) is 7.10. The van der Waals surface area contributed by atoms with Crippen LogP contribution < -0.4 is 11.1 Å². The minimum atomic E-state index is -0.453. The Morgan fingerprint density at radius 1 is 1.42 bits per heavy atom. The number of benzene rings is 1. The van der Waals surface area contributed by atoms with E-state index in [4.69, 9.17) is 10.8 Å². The first-order chi connectivity index (χ1) is 9.04. The minimum Gasteiger partial charge on any atom is -0.384 e. The largest absolute Gasteiger partial charge is 0.384 e. The average Bonchev–Trinajstić information content (AvgIpc) is 2.36. The first kappa shape index (κ1) is 14.7. The van der Waals surface area contributed by atoms with Crippen molar-refractivity contribution in [3.63, 3.8) is 0 Å². The zero-order chi connectivity index (χ0) is 14.3. The summed E-state index contributed by atoms with van der Waals surface area (Å²) in [6.07, 6.45) is 0.116. The van der Waals surface area contributed by atoms with Crippen molar-refractivity contribution < 1.29 is 14.7 Å². The molecule has 0 aliphatic heterocycles. The van der Waals surface area contributed by atoms with Gasteiger partial charge in [0.15, 0.2) is 0 Å². The second-order valence-corrected chi connectivity index (χ2v) is 3.96. The van der Waals surface area contributed by atoms with E-state index in [-0.39, 0.29) is 25.5 Å². The zero-order valence-electron chi connectivity index (χ0n) is 10.7. The molecule has 5 heteroatoms. The molecule has 0 atom stereocenters. The smallest absolute Gasteiger partial charge is 0.251 e. The lowest BCUT2D eigenvalue weighted by Gasteiger charge is -2.05. The van der Waals surface area contributed by atoms with Crippen LogP contribution in [0.2, 0.25) is 0 Å². The van der Waals surface area contributed by atoms with E-state index in [1.54, 1.807) is 18.2 Å². The summed E-state index contributed by atoms with van der Waals surface area (Å²) < 4.78 is 0. The molecule has 1 rings (SSSR count). The first-order valence-corrected chi connectivity index (χ1v) is 5.81. The maximum atomic E-state index is 11.8. The summed E-state index contributed by atoms with van der Waals surface area (Å²) in [5.74, 6) is 4.64. The predicted octanol–water partition coefficient (Wildman–Crippen LogP) is -0.0560. The fourth-order valence-electron chi connectivity index (χ4n) is 1.48. The molecular weight excluding hydrogens is 244 g/mol. The van der Waals surface area contributed by atoms with Gasteiger partial charge in [-0.3, -0.25) is 9.59 Å². The Labute approximate surface area is 111 Å². The van der Waals surface area contributed by atoms with E-state index < -0.39 is 5.91 Å². The van der Waals surface area contributed by atoms with Crippen molar-refractivity contribution in [2.24, 2.45) is 5.73 Å². The van der Waals surface area contributed by atoms with Gasteiger partial charge in [0.1, 0.15) is 6.61 Å². The number of carbonyl (C=O) groups excluding carboxylic acids is 2. The van der Waals surface area contributed by atoms with E-state index in [9.17, 15) is 9.59 Å². The van der Waals surface area contributed by atoms with Crippen molar-refractivity contribution in [3.05, 3.63) is 34.9 Å². The molecule has 0 spiro atoms. The standard InChI is InChI=1S/C14H16N2O3/c1-10-9-12(5-4-11(10)3-2-8-17)14(19)16-7-6-13(15)18/h4-5,9,17H,6-8H2,1H3,(H2,15,18)(H,16,19). The van der Waals surface area contributed by atoms with Crippen LogP contribution in [0.15, 0.2) is 18.2 Å². The second kappa shape index (κ2) is 7.19. The molecule has 4 N–H and O–H groups in total. The SMILES string of the molecule is Cc1cc(C(=O)NCCC(N)=O)ccc1C#CCO.